The van der Waals surface area contributed by atoms with Crippen LogP contribution >= 0.6 is 23.7 Å². The van der Waals surface area contributed by atoms with E-state index >= 15 is 0 Å². The molecule has 28 heavy (non-hydrogen) atoms. The highest BCUT2D eigenvalue weighted by atomic mass is 79.9. The fraction of sp³-hybridized carbons (Fsp3) is 0.235. The SMILES string of the molecule is COC(=O)C(C)(C)NP(=O)(Oc1ccc(Br)cc1)Oc1ccc([N+](=O)[O-])cc1. The molecule has 2 aromatic rings. The number of carbonyl (C=O) groups excluding carboxylic acids is 1. The third-order valence-electron chi connectivity index (χ3n) is 3.42. The van der Waals surface area contributed by atoms with Crippen molar-refractivity contribution in [1.29, 1.82) is 0 Å². The van der Waals surface area contributed by atoms with Gasteiger partial charge in [0.1, 0.15) is 17.0 Å². The van der Waals surface area contributed by atoms with Gasteiger partial charge >= 0.3 is 13.7 Å². The van der Waals surface area contributed by atoms with Crippen LogP contribution in [0.4, 0.5) is 5.69 Å². The lowest BCUT2D eigenvalue weighted by molar-refractivity contribution is -0.384. The van der Waals surface area contributed by atoms with Gasteiger partial charge in [0, 0.05) is 16.6 Å². The number of rotatable bonds is 8. The second kappa shape index (κ2) is 8.72. The summed E-state index contributed by atoms with van der Waals surface area (Å²) in [5, 5.41) is 13.3. The molecule has 150 valence electrons. The first-order valence-electron chi connectivity index (χ1n) is 7.92. The van der Waals surface area contributed by atoms with Crippen molar-refractivity contribution in [2.45, 2.75) is 19.4 Å². The molecule has 0 heterocycles. The summed E-state index contributed by atoms with van der Waals surface area (Å²) in [7, 11) is -2.94. The Hall–Kier alpha value is -2.42. The number of nitro benzene ring substituents is 1. The van der Waals surface area contributed by atoms with Crippen LogP contribution in [0.3, 0.4) is 0 Å². The summed E-state index contributed by atoms with van der Waals surface area (Å²) >= 11 is 3.29. The number of esters is 1. The van der Waals surface area contributed by atoms with Crippen molar-refractivity contribution < 1.29 is 28.1 Å². The maximum Gasteiger partial charge on any atom is 0.513 e. The van der Waals surface area contributed by atoms with Crippen LogP contribution < -0.4 is 14.1 Å². The molecule has 0 aliphatic carbocycles. The van der Waals surface area contributed by atoms with Crippen LogP contribution in [0.2, 0.25) is 0 Å². The van der Waals surface area contributed by atoms with Gasteiger partial charge in [-0.2, -0.15) is 5.09 Å². The molecule has 0 spiro atoms. The summed E-state index contributed by atoms with van der Waals surface area (Å²) in [5.74, 6) is -0.403. The molecule has 0 aliphatic rings. The number of ether oxygens (including phenoxy) is 1. The van der Waals surface area contributed by atoms with E-state index in [1.54, 1.807) is 24.3 Å². The standard InChI is InChI=1S/C17H18BrN2O7P/c1-17(2,16(21)25-3)19-28(24,26-14-8-4-12(18)5-9-14)27-15-10-6-13(7-11-15)20(22)23/h4-11H,1-3H3,(H,19,24). The molecule has 2 aromatic carbocycles. The highest BCUT2D eigenvalue weighted by molar-refractivity contribution is 9.10. The second-order valence-electron chi connectivity index (χ2n) is 6.11. The number of hydrogen-bond acceptors (Lipinski definition) is 7. The molecule has 0 aromatic heterocycles. The number of hydrogen-bond donors (Lipinski definition) is 1. The summed E-state index contributed by atoms with van der Waals surface area (Å²) in [6.07, 6.45) is 0. The van der Waals surface area contributed by atoms with Gasteiger partial charge < -0.3 is 13.8 Å². The first-order chi connectivity index (χ1) is 13.0. The Morgan fingerprint density at radius 3 is 1.96 bits per heavy atom. The molecule has 0 saturated carbocycles. The number of non-ortho nitro benzene ring substituents is 1. The van der Waals surface area contributed by atoms with Crippen LogP contribution in [0.1, 0.15) is 13.8 Å². The molecule has 0 aliphatic heterocycles. The maximum atomic E-state index is 13.4. The third kappa shape index (κ3) is 5.79. The molecule has 1 N–H and O–H groups in total. The van der Waals surface area contributed by atoms with Crippen molar-refractivity contribution in [3.8, 4) is 11.5 Å². The van der Waals surface area contributed by atoms with Gasteiger partial charge in [-0.1, -0.05) is 15.9 Å². The minimum absolute atomic E-state index is 0.0548. The Balaban J connectivity index is 2.33. The van der Waals surface area contributed by atoms with Crippen LogP contribution in [0, 0.1) is 10.1 Å². The Kier molecular flexibility index (Phi) is 6.82. The van der Waals surface area contributed by atoms with Gasteiger partial charge in [0.25, 0.3) is 5.69 Å². The molecule has 2 rings (SSSR count). The molecule has 11 heteroatoms. The van der Waals surface area contributed by atoms with Crippen LogP contribution in [0.25, 0.3) is 0 Å². The molecule has 1 unspecified atom stereocenters. The van der Waals surface area contributed by atoms with Crippen molar-refractivity contribution in [3.63, 3.8) is 0 Å². The van der Waals surface area contributed by atoms with Crippen molar-refractivity contribution >= 4 is 35.3 Å². The summed E-state index contributed by atoms with van der Waals surface area (Å²) < 4.78 is 29.9. The summed E-state index contributed by atoms with van der Waals surface area (Å²) in [5.41, 5.74) is -1.56. The van der Waals surface area contributed by atoms with E-state index in [0.29, 0.717) is 0 Å². The van der Waals surface area contributed by atoms with Gasteiger partial charge in [-0.15, -0.1) is 0 Å². The van der Waals surface area contributed by atoms with Crippen molar-refractivity contribution in [2.75, 3.05) is 7.11 Å². The normalized spacial score (nSPS) is 13.3. The predicted molar refractivity (Wildman–Crippen MR) is 105 cm³/mol. The van der Waals surface area contributed by atoms with Crippen molar-refractivity contribution in [1.82, 2.24) is 5.09 Å². The van der Waals surface area contributed by atoms with E-state index in [0.717, 1.165) is 4.47 Å². The topological polar surface area (TPSA) is 117 Å². The van der Waals surface area contributed by atoms with Crippen molar-refractivity contribution in [3.05, 3.63) is 63.1 Å². The van der Waals surface area contributed by atoms with E-state index in [1.165, 1.54) is 45.2 Å². The van der Waals surface area contributed by atoms with Crippen LogP contribution in [-0.4, -0.2) is 23.5 Å². The Bertz CT molecular complexity index is 901. The minimum atomic E-state index is -4.14. The lowest BCUT2D eigenvalue weighted by Gasteiger charge is -2.28. The molecule has 1 atom stereocenters. The number of methoxy groups -OCH3 is 1. The Morgan fingerprint density at radius 2 is 1.54 bits per heavy atom. The summed E-state index contributed by atoms with van der Waals surface area (Å²) in [4.78, 5) is 22.2. The molecule has 0 bridgehead atoms. The molecule has 0 fully saturated rings. The van der Waals surface area contributed by atoms with Crippen LogP contribution in [0.5, 0.6) is 11.5 Å². The zero-order chi connectivity index (χ0) is 20.9. The smallest absolute Gasteiger partial charge is 0.468 e. The van der Waals surface area contributed by atoms with Gasteiger partial charge in [-0.3, -0.25) is 14.9 Å². The zero-order valence-electron chi connectivity index (χ0n) is 15.2. The van der Waals surface area contributed by atoms with Gasteiger partial charge in [-0.05, 0) is 50.2 Å². The first kappa shape index (κ1) is 21.9. The van der Waals surface area contributed by atoms with E-state index < -0.39 is 24.2 Å². The fourth-order valence-electron chi connectivity index (χ4n) is 2.11. The summed E-state index contributed by atoms with van der Waals surface area (Å²) in [6.45, 7) is 2.91. The number of benzene rings is 2. The Labute approximate surface area is 169 Å². The molecular formula is C17H18BrN2O7P. The molecule has 0 saturated heterocycles. The van der Waals surface area contributed by atoms with E-state index in [4.69, 9.17) is 13.8 Å². The number of carbonyl (C=O) groups is 1. The van der Waals surface area contributed by atoms with Crippen molar-refractivity contribution in [2.24, 2.45) is 0 Å². The number of nitrogens with one attached hydrogen (secondary N) is 1. The average Bonchev–Trinajstić information content (AvgIpc) is 2.62. The van der Waals surface area contributed by atoms with Gasteiger partial charge in [0.2, 0.25) is 0 Å². The molecule has 0 amide bonds. The predicted octanol–water partition coefficient (Wildman–Crippen LogP) is 4.46. The fourth-order valence-corrected chi connectivity index (χ4v) is 4.08. The van der Waals surface area contributed by atoms with E-state index in [2.05, 4.69) is 21.0 Å². The van der Waals surface area contributed by atoms with Crippen LogP contribution in [0.15, 0.2) is 53.0 Å². The monoisotopic (exact) mass is 472 g/mol. The lowest BCUT2D eigenvalue weighted by atomic mass is 10.1. The lowest BCUT2D eigenvalue weighted by Crippen LogP contribution is -2.47. The molecule has 9 nitrogen and oxygen atoms in total. The largest absolute Gasteiger partial charge is 0.513 e. The number of halogens is 1. The van der Waals surface area contributed by atoms with Crippen LogP contribution in [-0.2, 0) is 14.1 Å². The van der Waals surface area contributed by atoms with Gasteiger partial charge in [0.05, 0.1) is 12.0 Å². The first-order valence-corrected chi connectivity index (χ1v) is 10.3. The van der Waals surface area contributed by atoms with E-state index in [-0.39, 0.29) is 17.2 Å². The van der Waals surface area contributed by atoms with E-state index in [9.17, 15) is 19.5 Å². The minimum Gasteiger partial charge on any atom is -0.468 e. The highest BCUT2D eigenvalue weighted by Crippen LogP contribution is 2.47. The quantitative estimate of drug-likeness (QED) is 0.259. The summed E-state index contributed by atoms with van der Waals surface area (Å²) in [6, 6.07) is 11.4. The number of nitro groups is 1. The molecular weight excluding hydrogens is 455 g/mol. The molecule has 0 radical (unpaired) electrons. The maximum absolute atomic E-state index is 13.4. The highest BCUT2D eigenvalue weighted by Gasteiger charge is 2.41. The number of nitrogens with zero attached hydrogens (tertiary/aromatic N) is 1. The van der Waals surface area contributed by atoms with Gasteiger partial charge in [0.15, 0.2) is 0 Å². The van der Waals surface area contributed by atoms with Gasteiger partial charge in [-0.25, -0.2) is 4.57 Å². The second-order valence-corrected chi connectivity index (χ2v) is 8.61. The third-order valence-corrected chi connectivity index (χ3v) is 5.69. The average molecular weight is 473 g/mol. The van der Waals surface area contributed by atoms with E-state index in [1.807, 2.05) is 0 Å². The zero-order valence-corrected chi connectivity index (χ0v) is 17.7. The Morgan fingerprint density at radius 1 is 1.07 bits per heavy atom.